The maximum atomic E-state index is 13.6. The Morgan fingerprint density at radius 2 is 1.73 bits per heavy atom. The normalized spacial score (nSPS) is 15.1. The van der Waals surface area contributed by atoms with Crippen molar-refractivity contribution in [3.05, 3.63) is 72.4 Å². The number of carbonyl (C=O) groups excluding carboxylic acids is 3. The van der Waals surface area contributed by atoms with Crippen molar-refractivity contribution >= 4 is 39.7 Å². The molecule has 6 rings (SSSR count). The van der Waals surface area contributed by atoms with E-state index in [9.17, 15) is 14.4 Å². The molecule has 3 heterocycles. The van der Waals surface area contributed by atoms with Gasteiger partial charge in [0.25, 0.3) is 0 Å². The van der Waals surface area contributed by atoms with Gasteiger partial charge in [0, 0.05) is 25.1 Å². The third-order valence-corrected chi connectivity index (χ3v) is 9.25. The summed E-state index contributed by atoms with van der Waals surface area (Å²) in [5.41, 5.74) is 5.88. The van der Waals surface area contributed by atoms with E-state index in [0.717, 1.165) is 68.7 Å². The highest BCUT2D eigenvalue weighted by Crippen LogP contribution is 2.34. The highest BCUT2D eigenvalue weighted by atomic mass is 16.5. The van der Waals surface area contributed by atoms with Gasteiger partial charge in [-0.05, 0) is 72.0 Å². The van der Waals surface area contributed by atoms with Crippen molar-refractivity contribution < 1.29 is 23.9 Å². The van der Waals surface area contributed by atoms with Crippen LogP contribution >= 0.6 is 0 Å². The smallest absolute Gasteiger partial charge is 0.407 e. The van der Waals surface area contributed by atoms with Crippen molar-refractivity contribution in [2.75, 3.05) is 47.0 Å². The lowest BCUT2D eigenvalue weighted by molar-refractivity contribution is -0.135. The highest BCUT2D eigenvalue weighted by molar-refractivity contribution is 5.92. The number of nitrogens with zero attached hydrogens (tertiary/aromatic N) is 3. The van der Waals surface area contributed by atoms with Crippen LogP contribution in [0.4, 0.5) is 4.79 Å². The summed E-state index contributed by atoms with van der Waals surface area (Å²) in [6.07, 6.45) is 3.53. The number of methoxy groups -OCH3 is 1. The standard InChI is InChI=1S/C38H46N8O5/c1-23(2)35(45-38(49)50-4)37(48)46-15-5-6-32(46)36-43-29-12-11-27(20-30(29)44-36)25-7-8-26-19-28(10-9-24(26)18-25)31-21-41-33(42-31)13-16-51-17-14-40-34(47)22-39-3/h7-12,18-21,23,32,35,39H,5-6,13-17,22H2,1-4H3,(H,40,47)(H,41,42)(H,43,44)(H,45,49). The Hall–Kier alpha value is -5.27. The molecular formula is C38H46N8O5. The molecule has 2 atom stereocenters. The first-order chi connectivity index (χ1) is 24.7. The average Bonchev–Trinajstić information content (AvgIpc) is 3.91. The summed E-state index contributed by atoms with van der Waals surface area (Å²) in [6, 6.07) is 18.1. The van der Waals surface area contributed by atoms with E-state index in [2.05, 4.69) is 79.4 Å². The molecule has 13 heteroatoms. The van der Waals surface area contributed by atoms with Gasteiger partial charge in [-0.3, -0.25) is 9.59 Å². The molecule has 51 heavy (non-hydrogen) atoms. The first kappa shape index (κ1) is 35.6. The number of imidazole rings is 2. The predicted molar refractivity (Wildman–Crippen MR) is 196 cm³/mol. The van der Waals surface area contributed by atoms with Gasteiger partial charge in [-0.1, -0.05) is 44.2 Å². The van der Waals surface area contributed by atoms with Gasteiger partial charge in [0.2, 0.25) is 11.8 Å². The minimum absolute atomic E-state index is 0.0508. The fourth-order valence-corrected chi connectivity index (χ4v) is 6.55. The molecule has 5 N–H and O–H groups in total. The number of likely N-dealkylation sites (tertiary alicyclic amines) is 1. The van der Waals surface area contributed by atoms with Gasteiger partial charge in [-0.15, -0.1) is 0 Å². The third-order valence-electron chi connectivity index (χ3n) is 9.25. The molecule has 3 aromatic carbocycles. The molecule has 1 aliphatic heterocycles. The largest absolute Gasteiger partial charge is 0.453 e. The van der Waals surface area contributed by atoms with Crippen LogP contribution < -0.4 is 16.0 Å². The van der Waals surface area contributed by atoms with Crippen LogP contribution in [0.15, 0.2) is 60.8 Å². The minimum atomic E-state index is -0.679. The second-order valence-corrected chi connectivity index (χ2v) is 13.2. The lowest BCUT2D eigenvalue weighted by Crippen LogP contribution is -2.51. The molecule has 2 unspecified atom stereocenters. The van der Waals surface area contributed by atoms with E-state index in [1.54, 1.807) is 7.05 Å². The summed E-state index contributed by atoms with van der Waals surface area (Å²) in [6.45, 7) is 6.15. The third kappa shape index (κ3) is 8.38. The number of ether oxygens (including phenoxy) is 2. The van der Waals surface area contributed by atoms with Crippen LogP contribution in [0.1, 0.15) is 44.4 Å². The van der Waals surface area contributed by atoms with E-state index in [4.69, 9.17) is 14.5 Å². The zero-order chi connectivity index (χ0) is 35.9. The quantitative estimate of drug-likeness (QED) is 0.104. The van der Waals surface area contributed by atoms with E-state index in [1.807, 2.05) is 31.0 Å². The van der Waals surface area contributed by atoms with Crippen LogP contribution in [0.5, 0.6) is 0 Å². The van der Waals surface area contributed by atoms with Gasteiger partial charge >= 0.3 is 6.09 Å². The summed E-state index contributed by atoms with van der Waals surface area (Å²) >= 11 is 0. The Balaban J connectivity index is 1.11. The summed E-state index contributed by atoms with van der Waals surface area (Å²) in [5.74, 6) is 1.32. The summed E-state index contributed by atoms with van der Waals surface area (Å²) < 4.78 is 10.4. The minimum Gasteiger partial charge on any atom is -0.453 e. The number of aromatic amines is 2. The molecule has 0 aliphatic carbocycles. The van der Waals surface area contributed by atoms with Gasteiger partial charge in [0.15, 0.2) is 0 Å². The molecule has 0 saturated carbocycles. The number of benzene rings is 3. The molecule has 3 amide bonds. The molecule has 0 radical (unpaired) electrons. The van der Waals surface area contributed by atoms with Crippen molar-refractivity contribution in [1.29, 1.82) is 0 Å². The van der Waals surface area contributed by atoms with E-state index in [1.165, 1.54) is 7.11 Å². The van der Waals surface area contributed by atoms with Crippen molar-refractivity contribution in [3.8, 4) is 22.4 Å². The SMILES string of the molecule is CNCC(=O)NCCOCCc1ncc(-c2ccc3cc(-c4ccc5nc(C6CCCN6C(=O)C(NC(=O)OC)C(C)C)[nH]c5c4)ccc3c2)[nH]1. The van der Waals surface area contributed by atoms with Crippen LogP contribution in [0.3, 0.4) is 0 Å². The monoisotopic (exact) mass is 694 g/mol. The number of rotatable bonds is 14. The topological polar surface area (TPSA) is 166 Å². The Bertz CT molecular complexity index is 2000. The fourth-order valence-electron chi connectivity index (χ4n) is 6.55. The van der Waals surface area contributed by atoms with E-state index in [-0.39, 0.29) is 23.8 Å². The van der Waals surface area contributed by atoms with Crippen molar-refractivity contribution in [2.24, 2.45) is 5.92 Å². The number of hydrogen-bond acceptors (Lipinski definition) is 8. The maximum Gasteiger partial charge on any atom is 0.407 e. The first-order valence-corrected chi connectivity index (χ1v) is 17.5. The van der Waals surface area contributed by atoms with Gasteiger partial charge in [-0.2, -0.15) is 0 Å². The van der Waals surface area contributed by atoms with Crippen LogP contribution in [0, 0.1) is 5.92 Å². The highest BCUT2D eigenvalue weighted by Gasteiger charge is 2.37. The Kier molecular flexibility index (Phi) is 11.3. The van der Waals surface area contributed by atoms with Crippen molar-refractivity contribution in [1.82, 2.24) is 40.8 Å². The number of fused-ring (bicyclic) bond motifs is 2. The Labute approximate surface area is 296 Å². The summed E-state index contributed by atoms with van der Waals surface area (Å²) in [4.78, 5) is 55.2. The zero-order valence-corrected chi connectivity index (χ0v) is 29.5. The average molecular weight is 695 g/mol. The number of likely N-dealkylation sites (N-methyl/N-ethyl adjacent to an activating group) is 1. The van der Waals surface area contributed by atoms with E-state index in [0.29, 0.717) is 39.3 Å². The van der Waals surface area contributed by atoms with Crippen LogP contribution in [0.2, 0.25) is 0 Å². The number of nitrogens with one attached hydrogen (secondary N) is 5. The summed E-state index contributed by atoms with van der Waals surface area (Å²) in [7, 11) is 3.03. The number of aromatic nitrogens is 4. The van der Waals surface area contributed by atoms with E-state index >= 15 is 0 Å². The second-order valence-electron chi connectivity index (χ2n) is 13.2. The molecule has 0 spiro atoms. The number of alkyl carbamates (subject to hydrolysis) is 1. The lowest BCUT2D eigenvalue weighted by Gasteiger charge is -2.29. The molecule has 1 fully saturated rings. The van der Waals surface area contributed by atoms with Crippen LogP contribution in [0.25, 0.3) is 44.2 Å². The molecule has 13 nitrogen and oxygen atoms in total. The first-order valence-electron chi connectivity index (χ1n) is 17.5. The molecule has 0 bridgehead atoms. The van der Waals surface area contributed by atoms with E-state index < -0.39 is 12.1 Å². The number of amides is 3. The fraction of sp³-hybridized carbons (Fsp3) is 0.395. The molecule has 1 saturated heterocycles. The van der Waals surface area contributed by atoms with Crippen LogP contribution in [-0.4, -0.2) is 95.8 Å². The molecule has 2 aromatic heterocycles. The van der Waals surface area contributed by atoms with Gasteiger partial charge in [0.05, 0.1) is 55.8 Å². The number of H-pyrrole nitrogens is 2. The second kappa shape index (κ2) is 16.2. The molecule has 268 valence electrons. The van der Waals surface area contributed by atoms with Crippen molar-refractivity contribution in [3.63, 3.8) is 0 Å². The number of hydrogen-bond donors (Lipinski definition) is 5. The molecular weight excluding hydrogens is 648 g/mol. The Morgan fingerprint density at radius 3 is 2.49 bits per heavy atom. The van der Waals surface area contributed by atoms with Gasteiger partial charge in [0.1, 0.15) is 17.7 Å². The molecule has 5 aromatic rings. The summed E-state index contributed by atoms with van der Waals surface area (Å²) in [5, 5.41) is 10.6. The predicted octanol–water partition coefficient (Wildman–Crippen LogP) is 4.71. The Morgan fingerprint density at radius 1 is 0.980 bits per heavy atom. The lowest BCUT2D eigenvalue weighted by atomic mass is 9.99. The van der Waals surface area contributed by atoms with Gasteiger partial charge in [-0.25, -0.2) is 14.8 Å². The van der Waals surface area contributed by atoms with Gasteiger partial charge < -0.3 is 40.3 Å². The van der Waals surface area contributed by atoms with Crippen molar-refractivity contribution in [2.45, 2.75) is 45.2 Å². The molecule has 1 aliphatic rings. The maximum absolute atomic E-state index is 13.6. The zero-order valence-electron chi connectivity index (χ0n) is 29.5. The number of carbonyl (C=O) groups is 3. The van der Waals surface area contributed by atoms with Crippen LogP contribution in [-0.2, 0) is 25.5 Å².